The molecule has 0 fully saturated rings. The highest BCUT2D eigenvalue weighted by atomic mass is 16.3. The molecule has 1 spiro atoms. The standard InChI is InChI=1S/C66H41N3O/c1-4-15-42(16-5-1)65(43-17-6-2-7-18-43)51-23-11-10-21-46(51)47-33-31-45(39-56(47)65)69(44-19-8-3-9-20-44)57-26-12-22-48-49-34-36-53-60(64(49)70-63(48)57)50-32-29-40-27-28-41-30-35-52(59(50)58(40)41)66(53)54-24-13-37-67-61(54)62-55(66)25-14-38-68-62/h1-26,29-39H,27-28H2. The number of rotatable bonds is 5. The number of para-hydroxylation sites is 2. The molecule has 0 saturated heterocycles. The van der Waals surface area contributed by atoms with Crippen molar-refractivity contribution in [3.8, 4) is 33.6 Å². The third kappa shape index (κ3) is 4.66. The third-order valence-corrected chi connectivity index (χ3v) is 16.3. The van der Waals surface area contributed by atoms with Crippen molar-refractivity contribution < 1.29 is 4.42 Å². The van der Waals surface area contributed by atoms with Gasteiger partial charge in [0.25, 0.3) is 0 Å². The van der Waals surface area contributed by atoms with E-state index in [0.29, 0.717) is 0 Å². The van der Waals surface area contributed by atoms with E-state index in [1.807, 2.05) is 12.4 Å². The van der Waals surface area contributed by atoms with Crippen LogP contribution in [-0.2, 0) is 23.7 Å². The lowest BCUT2D eigenvalue weighted by atomic mass is 9.61. The molecule has 16 rings (SSSR count). The van der Waals surface area contributed by atoms with Crippen molar-refractivity contribution in [3.05, 3.63) is 280 Å². The van der Waals surface area contributed by atoms with Crippen LogP contribution in [0.4, 0.5) is 17.1 Å². The number of hydrogen-bond donors (Lipinski definition) is 0. The zero-order valence-corrected chi connectivity index (χ0v) is 38.0. The summed E-state index contributed by atoms with van der Waals surface area (Å²) >= 11 is 0. The first kappa shape index (κ1) is 38.1. The number of aryl methyl sites for hydroxylation is 2. The van der Waals surface area contributed by atoms with E-state index in [0.717, 1.165) is 68.8 Å². The van der Waals surface area contributed by atoms with Gasteiger partial charge in [-0.05, 0) is 138 Å². The fraction of sp³-hybridized carbons (Fsp3) is 0.0606. The van der Waals surface area contributed by atoms with Crippen molar-refractivity contribution in [3.63, 3.8) is 0 Å². The predicted octanol–water partition coefficient (Wildman–Crippen LogP) is 15.8. The van der Waals surface area contributed by atoms with Crippen molar-refractivity contribution in [2.45, 2.75) is 23.7 Å². The Hall–Kier alpha value is -8.86. The van der Waals surface area contributed by atoms with Crippen molar-refractivity contribution in [2.75, 3.05) is 4.90 Å². The van der Waals surface area contributed by atoms with E-state index in [1.165, 1.54) is 83.1 Å². The Morgan fingerprint density at radius 1 is 0.386 bits per heavy atom. The van der Waals surface area contributed by atoms with Crippen LogP contribution in [-0.4, -0.2) is 9.97 Å². The molecule has 4 heteroatoms. The fourth-order valence-corrected chi connectivity index (χ4v) is 13.7. The highest BCUT2D eigenvalue weighted by Crippen LogP contribution is 2.64. The Morgan fingerprint density at radius 3 is 1.71 bits per heavy atom. The van der Waals surface area contributed by atoms with Gasteiger partial charge in [0, 0.05) is 40.1 Å². The summed E-state index contributed by atoms with van der Waals surface area (Å²) < 4.78 is 7.66. The largest absolute Gasteiger partial charge is 0.453 e. The van der Waals surface area contributed by atoms with E-state index in [-0.39, 0.29) is 0 Å². The van der Waals surface area contributed by atoms with Gasteiger partial charge in [0.05, 0.1) is 27.9 Å². The second-order valence-electron chi connectivity index (χ2n) is 19.4. The minimum Gasteiger partial charge on any atom is -0.453 e. The van der Waals surface area contributed by atoms with Gasteiger partial charge in [-0.1, -0.05) is 170 Å². The van der Waals surface area contributed by atoms with E-state index in [1.54, 1.807) is 0 Å². The normalized spacial score (nSPS) is 14.7. The summed E-state index contributed by atoms with van der Waals surface area (Å²) in [5.41, 5.74) is 23.1. The summed E-state index contributed by atoms with van der Waals surface area (Å²) in [4.78, 5) is 12.5. The van der Waals surface area contributed by atoms with Gasteiger partial charge in [-0.2, -0.15) is 0 Å². The highest BCUT2D eigenvalue weighted by molar-refractivity contribution is 6.19. The first-order valence-corrected chi connectivity index (χ1v) is 24.4. The summed E-state index contributed by atoms with van der Waals surface area (Å²) in [6.07, 6.45) is 5.91. The molecule has 3 aromatic heterocycles. The van der Waals surface area contributed by atoms with Gasteiger partial charge in [0.1, 0.15) is 5.58 Å². The van der Waals surface area contributed by atoms with Crippen LogP contribution in [0.2, 0.25) is 0 Å². The molecule has 4 aliphatic rings. The van der Waals surface area contributed by atoms with Crippen molar-refractivity contribution >= 4 is 49.8 Å². The molecular weight excluding hydrogens is 851 g/mol. The number of benzene rings is 9. The second-order valence-corrected chi connectivity index (χ2v) is 19.4. The lowest BCUT2D eigenvalue weighted by molar-refractivity contribution is 0.667. The van der Waals surface area contributed by atoms with E-state index in [4.69, 9.17) is 14.4 Å². The Bertz CT molecular complexity index is 4100. The van der Waals surface area contributed by atoms with Gasteiger partial charge in [-0.3, -0.25) is 9.97 Å². The van der Waals surface area contributed by atoms with Crippen LogP contribution in [0, 0.1) is 0 Å². The SMILES string of the molecule is c1ccc(N(c2ccc3c(c2)C(c2ccccc2)(c2ccccc2)c2ccccc2-3)c2cccc3c2oc2c4c(ccc23)C2(c3cccnc3-c3ncccc32)c2ccc3c5c(ccc-4c25)CC3)cc1. The summed E-state index contributed by atoms with van der Waals surface area (Å²) in [6, 6.07) is 78.6. The minimum atomic E-state index is -0.646. The van der Waals surface area contributed by atoms with Crippen LogP contribution in [0.25, 0.3) is 66.4 Å². The summed E-state index contributed by atoms with van der Waals surface area (Å²) in [5.74, 6) is 0. The predicted molar refractivity (Wildman–Crippen MR) is 283 cm³/mol. The quantitative estimate of drug-likeness (QED) is 0.173. The first-order chi connectivity index (χ1) is 34.7. The fourth-order valence-electron chi connectivity index (χ4n) is 13.7. The molecule has 326 valence electrons. The third-order valence-electron chi connectivity index (χ3n) is 16.3. The average molecular weight is 892 g/mol. The Kier molecular flexibility index (Phi) is 7.56. The monoisotopic (exact) mass is 891 g/mol. The number of furan rings is 1. The molecule has 4 aliphatic carbocycles. The molecule has 0 aliphatic heterocycles. The second kappa shape index (κ2) is 13.9. The van der Waals surface area contributed by atoms with Gasteiger partial charge in [0.15, 0.2) is 5.58 Å². The number of nitrogens with zero attached hydrogens (tertiary/aromatic N) is 3. The summed E-state index contributed by atoms with van der Waals surface area (Å²) in [6.45, 7) is 0. The maximum Gasteiger partial charge on any atom is 0.159 e. The summed E-state index contributed by atoms with van der Waals surface area (Å²) in [7, 11) is 0. The Labute approximate surface area is 404 Å². The first-order valence-electron chi connectivity index (χ1n) is 24.4. The van der Waals surface area contributed by atoms with Gasteiger partial charge >= 0.3 is 0 Å². The lowest BCUT2D eigenvalue weighted by Gasteiger charge is -2.39. The molecule has 70 heavy (non-hydrogen) atoms. The van der Waals surface area contributed by atoms with Gasteiger partial charge in [0.2, 0.25) is 0 Å². The van der Waals surface area contributed by atoms with E-state index in [2.05, 4.69) is 217 Å². The van der Waals surface area contributed by atoms with Crippen molar-refractivity contribution in [1.29, 1.82) is 0 Å². The number of pyridine rings is 2. The van der Waals surface area contributed by atoms with E-state index >= 15 is 0 Å². The lowest BCUT2D eigenvalue weighted by Crippen LogP contribution is -2.32. The maximum atomic E-state index is 7.66. The number of hydrogen-bond acceptors (Lipinski definition) is 4. The van der Waals surface area contributed by atoms with Crippen molar-refractivity contribution in [2.24, 2.45) is 0 Å². The Morgan fingerprint density at radius 2 is 0.986 bits per heavy atom. The molecule has 0 bridgehead atoms. The van der Waals surface area contributed by atoms with E-state index in [9.17, 15) is 0 Å². The van der Waals surface area contributed by atoms with Crippen LogP contribution in [0.5, 0.6) is 0 Å². The molecular formula is C66H41N3O. The topological polar surface area (TPSA) is 42.2 Å². The molecule has 0 radical (unpaired) electrons. The molecule has 0 amide bonds. The molecule has 0 saturated carbocycles. The van der Waals surface area contributed by atoms with Crippen LogP contribution in [0.3, 0.4) is 0 Å². The minimum absolute atomic E-state index is 0.547. The van der Waals surface area contributed by atoms with Gasteiger partial charge < -0.3 is 9.32 Å². The van der Waals surface area contributed by atoms with Crippen LogP contribution in [0.15, 0.2) is 229 Å². The van der Waals surface area contributed by atoms with Gasteiger partial charge in [-0.15, -0.1) is 0 Å². The van der Waals surface area contributed by atoms with Crippen LogP contribution >= 0.6 is 0 Å². The molecule has 9 aromatic carbocycles. The van der Waals surface area contributed by atoms with Crippen molar-refractivity contribution in [1.82, 2.24) is 9.97 Å². The summed E-state index contributed by atoms with van der Waals surface area (Å²) in [5, 5.41) is 4.89. The molecule has 12 aromatic rings. The number of anilines is 3. The zero-order chi connectivity index (χ0) is 45.7. The highest BCUT2D eigenvalue weighted by Gasteiger charge is 2.53. The zero-order valence-electron chi connectivity index (χ0n) is 38.0. The molecule has 0 unspecified atom stereocenters. The number of fused-ring (bicyclic) bond motifs is 16. The number of aromatic nitrogens is 2. The van der Waals surface area contributed by atoms with Gasteiger partial charge in [-0.25, -0.2) is 0 Å². The van der Waals surface area contributed by atoms with Crippen LogP contribution < -0.4 is 4.90 Å². The molecule has 0 atom stereocenters. The average Bonchev–Trinajstić information content (AvgIpc) is 4.19. The van der Waals surface area contributed by atoms with E-state index < -0.39 is 10.8 Å². The maximum absolute atomic E-state index is 7.66. The molecule has 3 heterocycles. The molecule has 0 N–H and O–H groups in total. The Balaban J connectivity index is 0.985. The molecule has 4 nitrogen and oxygen atoms in total. The van der Waals surface area contributed by atoms with Crippen LogP contribution in [0.1, 0.15) is 55.6 Å². The smallest absolute Gasteiger partial charge is 0.159 e.